The molecule has 0 radical (unpaired) electrons. The third kappa shape index (κ3) is 6.15. The van der Waals surface area contributed by atoms with Crippen molar-refractivity contribution < 1.29 is 9.53 Å². The minimum Gasteiger partial charge on any atom is -0.444 e. The van der Waals surface area contributed by atoms with Gasteiger partial charge in [-0.3, -0.25) is 5.32 Å². The van der Waals surface area contributed by atoms with Crippen LogP contribution in [0.3, 0.4) is 0 Å². The summed E-state index contributed by atoms with van der Waals surface area (Å²) in [5.74, 6) is 0. The molecule has 0 fully saturated rings. The van der Waals surface area contributed by atoms with Crippen LogP contribution in [0.5, 0.6) is 0 Å². The first-order valence-corrected chi connectivity index (χ1v) is 8.71. The second-order valence-electron chi connectivity index (χ2n) is 6.74. The standard InChI is InChI=1S/C19H22Cl2N2O2/c1-12(16-9-8-13(20)10-17(16)21)22-14-6-5-7-15(11-14)23-18(24)25-19(2,3)4/h5-12,22H,1-4H3,(H,23,24). The number of anilines is 2. The molecule has 0 aromatic heterocycles. The Morgan fingerprint density at radius 3 is 2.40 bits per heavy atom. The van der Waals surface area contributed by atoms with Crippen molar-refractivity contribution in [1.29, 1.82) is 0 Å². The van der Waals surface area contributed by atoms with Gasteiger partial charge in [-0.2, -0.15) is 0 Å². The molecule has 2 N–H and O–H groups in total. The largest absolute Gasteiger partial charge is 0.444 e. The molecule has 6 heteroatoms. The second-order valence-corrected chi connectivity index (χ2v) is 7.58. The molecule has 0 bridgehead atoms. The van der Waals surface area contributed by atoms with Crippen molar-refractivity contribution in [2.45, 2.75) is 39.3 Å². The van der Waals surface area contributed by atoms with Gasteiger partial charge < -0.3 is 10.1 Å². The molecule has 0 aliphatic heterocycles. The van der Waals surface area contributed by atoms with E-state index in [1.54, 1.807) is 18.2 Å². The number of ether oxygens (including phenoxy) is 1. The van der Waals surface area contributed by atoms with Crippen LogP contribution in [0.4, 0.5) is 16.2 Å². The number of hydrogen-bond acceptors (Lipinski definition) is 3. The van der Waals surface area contributed by atoms with Crippen molar-refractivity contribution in [3.05, 3.63) is 58.1 Å². The van der Waals surface area contributed by atoms with Crippen LogP contribution < -0.4 is 10.6 Å². The third-order valence-corrected chi connectivity index (χ3v) is 3.88. The predicted molar refractivity (Wildman–Crippen MR) is 105 cm³/mol. The molecule has 0 saturated heterocycles. The predicted octanol–water partition coefficient (Wildman–Crippen LogP) is 6.51. The number of carbonyl (C=O) groups excluding carboxylic acids is 1. The first kappa shape index (κ1) is 19.4. The maximum Gasteiger partial charge on any atom is 0.412 e. The molecule has 1 atom stereocenters. The van der Waals surface area contributed by atoms with Crippen LogP contribution in [0.15, 0.2) is 42.5 Å². The fraction of sp³-hybridized carbons (Fsp3) is 0.316. The lowest BCUT2D eigenvalue weighted by Crippen LogP contribution is -2.27. The summed E-state index contributed by atoms with van der Waals surface area (Å²) >= 11 is 12.2. The highest BCUT2D eigenvalue weighted by atomic mass is 35.5. The van der Waals surface area contributed by atoms with E-state index >= 15 is 0 Å². The van der Waals surface area contributed by atoms with E-state index in [1.165, 1.54) is 0 Å². The number of halogens is 2. The maximum absolute atomic E-state index is 11.9. The summed E-state index contributed by atoms with van der Waals surface area (Å²) in [4.78, 5) is 11.9. The summed E-state index contributed by atoms with van der Waals surface area (Å²) in [7, 11) is 0. The highest BCUT2D eigenvalue weighted by Gasteiger charge is 2.16. The van der Waals surface area contributed by atoms with Crippen LogP contribution >= 0.6 is 23.2 Å². The minimum absolute atomic E-state index is 0.0263. The van der Waals surface area contributed by atoms with E-state index in [9.17, 15) is 4.79 Å². The molecule has 0 heterocycles. The minimum atomic E-state index is -0.542. The van der Waals surface area contributed by atoms with Gasteiger partial charge in [0, 0.05) is 27.5 Å². The van der Waals surface area contributed by atoms with E-state index < -0.39 is 11.7 Å². The molecule has 0 spiro atoms. The quantitative estimate of drug-likeness (QED) is 0.634. The van der Waals surface area contributed by atoms with Crippen molar-refractivity contribution >= 4 is 40.7 Å². The van der Waals surface area contributed by atoms with Gasteiger partial charge in [0.25, 0.3) is 0 Å². The van der Waals surface area contributed by atoms with Gasteiger partial charge in [0.1, 0.15) is 5.60 Å². The van der Waals surface area contributed by atoms with Gasteiger partial charge in [0.05, 0.1) is 0 Å². The molecule has 0 aliphatic rings. The van der Waals surface area contributed by atoms with E-state index in [4.69, 9.17) is 27.9 Å². The molecule has 2 aromatic carbocycles. The van der Waals surface area contributed by atoms with E-state index in [-0.39, 0.29) is 6.04 Å². The molecule has 4 nitrogen and oxygen atoms in total. The lowest BCUT2D eigenvalue weighted by molar-refractivity contribution is 0.0636. The monoisotopic (exact) mass is 380 g/mol. The highest BCUT2D eigenvalue weighted by molar-refractivity contribution is 6.35. The summed E-state index contributed by atoms with van der Waals surface area (Å²) in [6.07, 6.45) is -0.488. The average Bonchev–Trinajstić information content (AvgIpc) is 2.45. The molecule has 134 valence electrons. The van der Waals surface area contributed by atoms with Gasteiger partial charge in [0.2, 0.25) is 0 Å². The Bertz CT molecular complexity index is 757. The van der Waals surface area contributed by atoms with Crippen LogP contribution in [0, 0.1) is 0 Å². The summed E-state index contributed by atoms with van der Waals surface area (Å²) in [5.41, 5.74) is 1.90. The van der Waals surface area contributed by atoms with Crippen LogP contribution in [-0.4, -0.2) is 11.7 Å². The molecule has 0 aliphatic carbocycles. The summed E-state index contributed by atoms with van der Waals surface area (Å²) in [6.45, 7) is 7.47. The molecule has 25 heavy (non-hydrogen) atoms. The molecule has 1 unspecified atom stereocenters. The Labute approximate surface area is 158 Å². The van der Waals surface area contributed by atoms with Crippen molar-refractivity contribution in [2.75, 3.05) is 10.6 Å². The maximum atomic E-state index is 11.9. The molecule has 2 rings (SSSR count). The first-order valence-electron chi connectivity index (χ1n) is 7.95. The molecular formula is C19H22Cl2N2O2. The Morgan fingerprint density at radius 1 is 1.08 bits per heavy atom. The highest BCUT2D eigenvalue weighted by Crippen LogP contribution is 2.29. The number of carbonyl (C=O) groups is 1. The zero-order chi connectivity index (χ0) is 18.6. The first-order chi connectivity index (χ1) is 11.6. The Kier molecular flexibility index (Phi) is 6.20. The van der Waals surface area contributed by atoms with Gasteiger partial charge in [0.15, 0.2) is 0 Å². The number of hydrogen-bond donors (Lipinski definition) is 2. The fourth-order valence-electron chi connectivity index (χ4n) is 2.29. The van der Waals surface area contributed by atoms with Crippen LogP contribution in [0.25, 0.3) is 0 Å². The average molecular weight is 381 g/mol. The lowest BCUT2D eigenvalue weighted by atomic mass is 10.1. The topological polar surface area (TPSA) is 50.4 Å². The van der Waals surface area contributed by atoms with Gasteiger partial charge in [-0.1, -0.05) is 35.3 Å². The number of benzene rings is 2. The SMILES string of the molecule is CC(Nc1cccc(NC(=O)OC(C)(C)C)c1)c1ccc(Cl)cc1Cl. The van der Waals surface area contributed by atoms with Crippen molar-refractivity contribution in [3.63, 3.8) is 0 Å². The Hall–Kier alpha value is -1.91. The molecule has 1 amide bonds. The fourth-order valence-corrected chi connectivity index (χ4v) is 2.86. The normalized spacial score (nSPS) is 12.4. The molecular weight excluding hydrogens is 359 g/mol. The Balaban J connectivity index is 2.07. The van der Waals surface area contributed by atoms with Crippen molar-refractivity contribution in [2.24, 2.45) is 0 Å². The second kappa shape index (κ2) is 7.98. The lowest BCUT2D eigenvalue weighted by Gasteiger charge is -2.20. The van der Waals surface area contributed by atoms with E-state index in [1.807, 2.05) is 52.0 Å². The zero-order valence-electron chi connectivity index (χ0n) is 14.7. The molecule has 0 saturated carbocycles. The summed E-state index contributed by atoms with van der Waals surface area (Å²) < 4.78 is 5.26. The Morgan fingerprint density at radius 2 is 1.76 bits per heavy atom. The van der Waals surface area contributed by atoms with Gasteiger partial charge in [-0.25, -0.2) is 4.79 Å². The van der Waals surface area contributed by atoms with E-state index in [0.29, 0.717) is 15.7 Å². The van der Waals surface area contributed by atoms with Gasteiger partial charge in [-0.05, 0) is 63.6 Å². The number of amides is 1. The van der Waals surface area contributed by atoms with Crippen molar-refractivity contribution in [3.8, 4) is 0 Å². The van der Waals surface area contributed by atoms with E-state index in [2.05, 4.69) is 10.6 Å². The van der Waals surface area contributed by atoms with Crippen LogP contribution in [0.2, 0.25) is 10.0 Å². The van der Waals surface area contributed by atoms with Gasteiger partial charge in [-0.15, -0.1) is 0 Å². The molecule has 2 aromatic rings. The third-order valence-electron chi connectivity index (χ3n) is 3.32. The van der Waals surface area contributed by atoms with E-state index in [0.717, 1.165) is 11.3 Å². The summed E-state index contributed by atoms with van der Waals surface area (Å²) in [5, 5.41) is 7.30. The summed E-state index contributed by atoms with van der Waals surface area (Å²) in [6, 6.07) is 12.8. The van der Waals surface area contributed by atoms with Crippen molar-refractivity contribution in [1.82, 2.24) is 0 Å². The van der Waals surface area contributed by atoms with Crippen LogP contribution in [0.1, 0.15) is 39.3 Å². The smallest absolute Gasteiger partial charge is 0.412 e. The van der Waals surface area contributed by atoms with Gasteiger partial charge >= 0.3 is 6.09 Å². The number of rotatable bonds is 4. The van der Waals surface area contributed by atoms with Crippen LogP contribution in [-0.2, 0) is 4.74 Å². The zero-order valence-corrected chi connectivity index (χ0v) is 16.2. The number of nitrogens with one attached hydrogen (secondary N) is 2.